The van der Waals surface area contributed by atoms with Crippen molar-refractivity contribution >= 4 is 17.7 Å². The van der Waals surface area contributed by atoms with Crippen molar-refractivity contribution in [1.82, 2.24) is 5.32 Å². The second kappa shape index (κ2) is 6.07. The first-order valence-corrected chi connectivity index (χ1v) is 6.06. The van der Waals surface area contributed by atoms with Gasteiger partial charge in [-0.2, -0.15) is 0 Å². The number of benzene rings is 1. The zero-order valence-electron chi connectivity index (χ0n) is 10.7. The molecule has 2 N–H and O–H groups in total. The van der Waals surface area contributed by atoms with Crippen molar-refractivity contribution in [2.24, 2.45) is 0 Å². The maximum atomic E-state index is 11.4. The van der Waals surface area contributed by atoms with E-state index in [0.29, 0.717) is 10.6 Å². The van der Waals surface area contributed by atoms with Crippen molar-refractivity contribution < 1.29 is 14.6 Å². The lowest BCUT2D eigenvalue weighted by atomic mass is 10.1. The molecule has 0 aliphatic carbocycles. The summed E-state index contributed by atoms with van der Waals surface area (Å²) in [6.07, 6.45) is -1.36. The van der Waals surface area contributed by atoms with Crippen LogP contribution in [-0.4, -0.2) is 23.3 Å². The first-order chi connectivity index (χ1) is 8.28. The molecular formula is C13H18ClNO3. The van der Waals surface area contributed by atoms with Crippen LogP contribution in [0.25, 0.3) is 0 Å². The maximum absolute atomic E-state index is 11.4. The van der Waals surface area contributed by atoms with Crippen molar-refractivity contribution in [2.45, 2.75) is 32.5 Å². The predicted octanol–water partition coefficient (Wildman–Crippen LogP) is 2.90. The van der Waals surface area contributed by atoms with Crippen LogP contribution in [-0.2, 0) is 4.74 Å². The van der Waals surface area contributed by atoms with E-state index in [9.17, 15) is 9.90 Å². The Labute approximate surface area is 112 Å². The van der Waals surface area contributed by atoms with Gasteiger partial charge in [0.2, 0.25) is 0 Å². The van der Waals surface area contributed by atoms with Crippen LogP contribution in [0.4, 0.5) is 4.79 Å². The summed E-state index contributed by atoms with van der Waals surface area (Å²) in [5.41, 5.74) is 0.101. The molecule has 0 aromatic heterocycles. The van der Waals surface area contributed by atoms with Gasteiger partial charge in [0.15, 0.2) is 0 Å². The lowest BCUT2D eigenvalue weighted by Gasteiger charge is -2.20. The van der Waals surface area contributed by atoms with Crippen LogP contribution < -0.4 is 5.32 Å². The van der Waals surface area contributed by atoms with Crippen molar-refractivity contribution in [3.05, 3.63) is 34.9 Å². The molecular weight excluding hydrogens is 254 g/mol. The fourth-order valence-electron chi connectivity index (χ4n) is 1.33. The summed E-state index contributed by atoms with van der Waals surface area (Å²) in [7, 11) is 0. The molecule has 0 saturated heterocycles. The molecule has 0 bridgehead atoms. The molecule has 1 amide bonds. The molecule has 1 aromatic carbocycles. The number of aliphatic hydroxyl groups is 1. The monoisotopic (exact) mass is 271 g/mol. The highest BCUT2D eigenvalue weighted by molar-refractivity contribution is 6.30. The number of rotatable bonds is 3. The Kier molecular flexibility index (Phi) is 4.99. The topological polar surface area (TPSA) is 58.6 Å². The molecule has 0 unspecified atom stereocenters. The van der Waals surface area contributed by atoms with E-state index in [1.165, 1.54) is 0 Å². The lowest BCUT2D eigenvalue weighted by molar-refractivity contribution is 0.0492. The fourth-order valence-corrected chi connectivity index (χ4v) is 1.52. The van der Waals surface area contributed by atoms with Crippen molar-refractivity contribution in [3.63, 3.8) is 0 Å². The van der Waals surface area contributed by atoms with E-state index < -0.39 is 17.8 Å². The third kappa shape index (κ3) is 5.38. The lowest BCUT2D eigenvalue weighted by Crippen LogP contribution is -2.34. The number of ether oxygens (including phenoxy) is 1. The van der Waals surface area contributed by atoms with E-state index in [1.54, 1.807) is 45.0 Å². The van der Waals surface area contributed by atoms with Crippen LogP contribution in [0.1, 0.15) is 32.4 Å². The van der Waals surface area contributed by atoms with Crippen molar-refractivity contribution in [3.8, 4) is 0 Å². The summed E-state index contributed by atoms with van der Waals surface area (Å²) in [6.45, 7) is 5.41. The quantitative estimate of drug-likeness (QED) is 0.889. The number of hydrogen-bond acceptors (Lipinski definition) is 3. The van der Waals surface area contributed by atoms with E-state index in [4.69, 9.17) is 16.3 Å². The Hall–Kier alpha value is -1.26. The molecule has 0 spiro atoms. The number of hydrogen-bond donors (Lipinski definition) is 2. The minimum Gasteiger partial charge on any atom is -0.444 e. The van der Waals surface area contributed by atoms with E-state index in [-0.39, 0.29) is 6.54 Å². The molecule has 0 heterocycles. The highest BCUT2D eigenvalue weighted by atomic mass is 35.5. The molecule has 5 heteroatoms. The number of amides is 1. The van der Waals surface area contributed by atoms with E-state index in [0.717, 1.165) is 0 Å². The first kappa shape index (κ1) is 14.8. The van der Waals surface area contributed by atoms with Gasteiger partial charge in [-0.25, -0.2) is 4.79 Å². The summed E-state index contributed by atoms with van der Waals surface area (Å²) in [5.74, 6) is 0. The molecule has 4 nitrogen and oxygen atoms in total. The van der Waals surface area contributed by atoms with Gasteiger partial charge in [0.25, 0.3) is 0 Å². The van der Waals surface area contributed by atoms with Crippen LogP contribution in [0, 0.1) is 0 Å². The van der Waals surface area contributed by atoms with Crippen LogP contribution in [0.5, 0.6) is 0 Å². The highest BCUT2D eigenvalue weighted by Gasteiger charge is 2.17. The van der Waals surface area contributed by atoms with Gasteiger partial charge in [-0.15, -0.1) is 0 Å². The maximum Gasteiger partial charge on any atom is 0.407 e. The third-order valence-electron chi connectivity index (χ3n) is 2.07. The van der Waals surface area contributed by atoms with Crippen LogP contribution in [0.15, 0.2) is 24.3 Å². The van der Waals surface area contributed by atoms with Crippen LogP contribution >= 0.6 is 11.6 Å². The number of carbonyl (C=O) groups is 1. The van der Waals surface area contributed by atoms with E-state index in [2.05, 4.69) is 5.32 Å². The average molecular weight is 272 g/mol. The summed E-state index contributed by atoms with van der Waals surface area (Å²) >= 11 is 5.82. The van der Waals surface area contributed by atoms with E-state index in [1.807, 2.05) is 0 Å². The molecule has 0 aliphatic heterocycles. The van der Waals surface area contributed by atoms with Gasteiger partial charge < -0.3 is 15.2 Å². The second-order valence-electron chi connectivity index (χ2n) is 4.95. The Morgan fingerprint density at radius 1 is 1.50 bits per heavy atom. The summed E-state index contributed by atoms with van der Waals surface area (Å²) < 4.78 is 5.06. The molecule has 0 saturated carbocycles. The van der Waals surface area contributed by atoms with Gasteiger partial charge in [-0.1, -0.05) is 23.7 Å². The zero-order chi connectivity index (χ0) is 13.8. The Morgan fingerprint density at radius 3 is 2.72 bits per heavy atom. The predicted molar refractivity (Wildman–Crippen MR) is 70.6 cm³/mol. The van der Waals surface area contributed by atoms with Crippen molar-refractivity contribution in [2.75, 3.05) is 6.54 Å². The Balaban J connectivity index is 2.46. The molecule has 1 atom stereocenters. The first-order valence-electron chi connectivity index (χ1n) is 5.68. The second-order valence-corrected chi connectivity index (χ2v) is 5.39. The highest BCUT2D eigenvalue weighted by Crippen LogP contribution is 2.17. The van der Waals surface area contributed by atoms with E-state index >= 15 is 0 Å². The molecule has 100 valence electrons. The van der Waals surface area contributed by atoms with Crippen LogP contribution in [0.3, 0.4) is 0 Å². The number of nitrogens with one attached hydrogen (secondary N) is 1. The van der Waals surface area contributed by atoms with Crippen molar-refractivity contribution in [1.29, 1.82) is 0 Å². The smallest absolute Gasteiger partial charge is 0.407 e. The largest absolute Gasteiger partial charge is 0.444 e. The molecule has 0 radical (unpaired) electrons. The minimum atomic E-state index is -0.809. The van der Waals surface area contributed by atoms with Crippen LogP contribution in [0.2, 0.25) is 5.02 Å². The third-order valence-corrected chi connectivity index (χ3v) is 2.31. The van der Waals surface area contributed by atoms with Gasteiger partial charge in [-0.3, -0.25) is 0 Å². The molecule has 0 aliphatic rings. The summed E-state index contributed by atoms with van der Waals surface area (Å²) in [4.78, 5) is 11.4. The number of alkyl carbamates (subject to hydrolysis) is 1. The minimum absolute atomic E-state index is 0.0786. The van der Waals surface area contributed by atoms with Gasteiger partial charge in [-0.05, 0) is 38.5 Å². The molecule has 18 heavy (non-hydrogen) atoms. The normalized spacial score (nSPS) is 12.9. The standard InChI is InChI=1S/C13H18ClNO3/c1-13(2,3)18-12(17)15-8-11(16)9-5-4-6-10(14)7-9/h4-7,11,16H,8H2,1-3H3,(H,15,17)/t11-/m0/s1. The summed E-state index contributed by atoms with van der Waals surface area (Å²) in [5, 5.41) is 12.9. The van der Waals surface area contributed by atoms with Gasteiger partial charge in [0.05, 0.1) is 12.6 Å². The molecule has 1 rings (SSSR count). The average Bonchev–Trinajstić information content (AvgIpc) is 2.23. The molecule has 0 fully saturated rings. The number of aliphatic hydroxyl groups excluding tert-OH is 1. The van der Waals surface area contributed by atoms with Gasteiger partial charge in [0, 0.05) is 5.02 Å². The number of halogens is 1. The fraction of sp³-hybridized carbons (Fsp3) is 0.462. The van der Waals surface area contributed by atoms with Gasteiger partial charge >= 0.3 is 6.09 Å². The van der Waals surface area contributed by atoms with Gasteiger partial charge in [0.1, 0.15) is 5.60 Å². The SMILES string of the molecule is CC(C)(C)OC(=O)NC[C@H](O)c1cccc(Cl)c1. The zero-order valence-corrected chi connectivity index (χ0v) is 11.5. The Morgan fingerprint density at radius 2 is 2.17 bits per heavy atom. The molecule has 1 aromatic rings. The summed E-state index contributed by atoms with van der Waals surface area (Å²) in [6, 6.07) is 6.86. The Bertz CT molecular complexity index is 415. The number of carbonyl (C=O) groups excluding carboxylic acids is 1.